The van der Waals surface area contributed by atoms with Crippen molar-refractivity contribution < 1.29 is 9.90 Å². The van der Waals surface area contributed by atoms with Gasteiger partial charge in [0.1, 0.15) is 0 Å². The number of benzene rings is 2. The summed E-state index contributed by atoms with van der Waals surface area (Å²) in [6, 6.07) is 7.14. The molecule has 2 fully saturated rings. The molecule has 1 aliphatic carbocycles. The van der Waals surface area contributed by atoms with Crippen LogP contribution in [-0.4, -0.2) is 33.7 Å². The first-order valence-electron chi connectivity index (χ1n) is 12.5. The van der Waals surface area contributed by atoms with Crippen LogP contribution < -0.4 is 15.8 Å². The van der Waals surface area contributed by atoms with Crippen LogP contribution in [0.4, 0.5) is 11.6 Å². The van der Waals surface area contributed by atoms with Gasteiger partial charge in [-0.05, 0) is 70.6 Å². The van der Waals surface area contributed by atoms with E-state index in [9.17, 15) is 14.7 Å². The highest BCUT2D eigenvalue weighted by Crippen LogP contribution is 2.46. The van der Waals surface area contributed by atoms with Gasteiger partial charge in [0.25, 0.3) is 5.56 Å². The minimum absolute atomic E-state index is 0.0825. The van der Waals surface area contributed by atoms with Crippen molar-refractivity contribution in [2.45, 2.75) is 52.5 Å². The summed E-state index contributed by atoms with van der Waals surface area (Å²) in [7, 11) is 1.79. The molecule has 0 bridgehead atoms. The molecule has 7 nitrogen and oxygen atoms in total. The lowest BCUT2D eigenvalue weighted by Crippen LogP contribution is -2.32. The Morgan fingerprint density at radius 1 is 1.25 bits per heavy atom. The number of hydrogen-bond acceptors (Lipinski definition) is 5. The van der Waals surface area contributed by atoms with E-state index in [1.807, 2.05) is 26.0 Å². The lowest BCUT2D eigenvalue weighted by molar-refractivity contribution is 0.0697. The molecular formula is C28H33BrN4O3. The normalized spacial score (nSPS) is 19.9. The summed E-state index contributed by atoms with van der Waals surface area (Å²) < 4.78 is 2.41. The molecule has 2 heterocycles. The SMILES string of the molecule is Cc1cc(C(C)Nc2c(C(=O)O)cccc2C(C)(C)C)c2nc(N3CC4CC4C3)n(C)c(=O)c2c1Br. The molecule has 1 saturated heterocycles. The Kier molecular flexibility index (Phi) is 5.93. The highest BCUT2D eigenvalue weighted by atomic mass is 79.9. The van der Waals surface area contributed by atoms with E-state index in [1.165, 1.54) is 6.42 Å². The Balaban J connectivity index is 1.67. The van der Waals surface area contributed by atoms with Crippen LogP contribution in [0.15, 0.2) is 33.5 Å². The van der Waals surface area contributed by atoms with E-state index >= 15 is 0 Å². The van der Waals surface area contributed by atoms with Gasteiger partial charge in [-0.2, -0.15) is 0 Å². The highest BCUT2D eigenvalue weighted by Gasteiger charge is 2.46. The van der Waals surface area contributed by atoms with E-state index < -0.39 is 5.97 Å². The molecular weight excluding hydrogens is 520 g/mol. The van der Waals surface area contributed by atoms with Crippen molar-refractivity contribution in [1.82, 2.24) is 9.55 Å². The van der Waals surface area contributed by atoms with Gasteiger partial charge in [-0.1, -0.05) is 39.0 Å². The molecule has 36 heavy (non-hydrogen) atoms. The molecule has 190 valence electrons. The summed E-state index contributed by atoms with van der Waals surface area (Å²) in [6.07, 6.45) is 1.27. The third kappa shape index (κ3) is 4.09. The number of para-hydroxylation sites is 1. The number of rotatable bonds is 5. The molecule has 1 aliphatic heterocycles. The Labute approximate surface area is 219 Å². The lowest BCUT2D eigenvalue weighted by Gasteiger charge is -2.28. The zero-order chi connectivity index (χ0) is 26.1. The molecule has 2 aliphatic rings. The molecule has 3 unspecified atom stereocenters. The van der Waals surface area contributed by atoms with Gasteiger partial charge in [0.15, 0.2) is 0 Å². The number of hydrogen-bond donors (Lipinski definition) is 2. The van der Waals surface area contributed by atoms with Crippen molar-refractivity contribution >= 4 is 44.4 Å². The maximum absolute atomic E-state index is 13.6. The summed E-state index contributed by atoms with van der Waals surface area (Å²) in [5.74, 6) is 1.15. The van der Waals surface area contributed by atoms with E-state index in [-0.39, 0.29) is 22.6 Å². The fraction of sp³-hybridized carbons (Fsp3) is 0.464. The van der Waals surface area contributed by atoms with Crippen LogP contribution in [0, 0.1) is 18.8 Å². The van der Waals surface area contributed by atoms with Crippen molar-refractivity contribution in [3.63, 3.8) is 0 Å². The number of nitrogens with zero attached hydrogens (tertiary/aromatic N) is 3. The van der Waals surface area contributed by atoms with Crippen molar-refractivity contribution in [2.24, 2.45) is 18.9 Å². The van der Waals surface area contributed by atoms with E-state index in [1.54, 1.807) is 23.7 Å². The predicted molar refractivity (Wildman–Crippen MR) is 147 cm³/mol. The molecule has 5 rings (SSSR count). The third-order valence-corrected chi connectivity index (χ3v) is 8.69. The van der Waals surface area contributed by atoms with Crippen molar-refractivity contribution in [2.75, 3.05) is 23.3 Å². The third-order valence-electron chi connectivity index (χ3n) is 7.67. The summed E-state index contributed by atoms with van der Waals surface area (Å²) in [5.41, 5.74) is 3.86. The minimum Gasteiger partial charge on any atom is -0.478 e. The van der Waals surface area contributed by atoms with Gasteiger partial charge in [0.2, 0.25) is 5.95 Å². The maximum Gasteiger partial charge on any atom is 0.337 e. The van der Waals surface area contributed by atoms with Crippen LogP contribution in [0.1, 0.15) is 67.2 Å². The quantitative estimate of drug-likeness (QED) is 0.426. The molecule has 1 saturated carbocycles. The van der Waals surface area contributed by atoms with Gasteiger partial charge in [-0.25, -0.2) is 9.78 Å². The van der Waals surface area contributed by atoms with E-state index in [4.69, 9.17) is 4.98 Å². The zero-order valence-corrected chi connectivity index (χ0v) is 23.2. The van der Waals surface area contributed by atoms with Crippen molar-refractivity contribution in [1.29, 1.82) is 0 Å². The number of nitrogens with one attached hydrogen (secondary N) is 1. The monoisotopic (exact) mass is 552 g/mol. The zero-order valence-electron chi connectivity index (χ0n) is 21.6. The fourth-order valence-corrected chi connectivity index (χ4v) is 6.01. The van der Waals surface area contributed by atoms with Gasteiger partial charge in [-0.15, -0.1) is 0 Å². The first-order valence-corrected chi connectivity index (χ1v) is 13.3. The second-order valence-corrected chi connectivity index (χ2v) is 12.2. The Bertz CT molecular complexity index is 1450. The van der Waals surface area contributed by atoms with Crippen LogP contribution in [0.25, 0.3) is 10.9 Å². The van der Waals surface area contributed by atoms with Crippen molar-refractivity contribution in [3.05, 3.63) is 61.3 Å². The molecule has 3 aromatic rings. The van der Waals surface area contributed by atoms with Crippen LogP contribution in [-0.2, 0) is 12.5 Å². The topological polar surface area (TPSA) is 87.5 Å². The number of carboxylic acids is 1. The summed E-state index contributed by atoms with van der Waals surface area (Å²) in [6.45, 7) is 12.1. The molecule has 3 atom stereocenters. The molecule has 2 N–H and O–H groups in total. The minimum atomic E-state index is -0.977. The largest absolute Gasteiger partial charge is 0.478 e. The van der Waals surface area contributed by atoms with Gasteiger partial charge >= 0.3 is 5.97 Å². The van der Waals surface area contributed by atoms with Gasteiger partial charge in [-0.3, -0.25) is 9.36 Å². The number of anilines is 2. The number of piperidine rings is 1. The highest BCUT2D eigenvalue weighted by molar-refractivity contribution is 9.10. The lowest BCUT2D eigenvalue weighted by atomic mass is 9.84. The first kappa shape index (κ1) is 24.8. The second-order valence-electron chi connectivity index (χ2n) is 11.4. The van der Waals surface area contributed by atoms with Gasteiger partial charge < -0.3 is 15.3 Å². The smallest absolute Gasteiger partial charge is 0.337 e. The molecule has 0 amide bonds. The Hall–Kier alpha value is -2.87. The molecule has 2 aromatic carbocycles. The maximum atomic E-state index is 13.6. The molecule has 8 heteroatoms. The number of fused-ring (bicyclic) bond motifs is 2. The molecule has 1 aromatic heterocycles. The Morgan fingerprint density at radius 2 is 1.92 bits per heavy atom. The number of halogens is 1. The standard InChI is InChI=1S/C28H33BrN4O3/c1-14-10-19(15(2)30-23-18(26(35)36)8-7-9-20(23)28(3,4)5)24-21(22(14)29)25(34)32(6)27(31-24)33-12-16-11-17(16)13-33/h7-10,15-17,30H,11-13H2,1-6H3,(H,35,36). The van der Waals surface area contributed by atoms with Crippen molar-refractivity contribution in [3.8, 4) is 0 Å². The second kappa shape index (κ2) is 8.61. The molecule has 0 radical (unpaired) electrons. The van der Waals surface area contributed by atoms with Crippen LogP contribution in [0.3, 0.4) is 0 Å². The van der Waals surface area contributed by atoms with E-state index in [2.05, 4.69) is 46.9 Å². The fourth-order valence-electron chi connectivity index (χ4n) is 5.54. The van der Waals surface area contributed by atoms with Gasteiger partial charge in [0, 0.05) is 30.2 Å². The van der Waals surface area contributed by atoms with Crippen LogP contribution in [0.2, 0.25) is 0 Å². The number of aromatic carboxylic acids is 1. The van der Waals surface area contributed by atoms with E-state index in [0.717, 1.165) is 34.3 Å². The summed E-state index contributed by atoms with van der Waals surface area (Å²) >= 11 is 3.64. The average Bonchev–Trinajstić information content (AvgIpc) is 3.42. The molecule has 0 spiro atoms. The summed E-state index contributed by atoms with van der Waals surface area (Å²) in [4.78, 5) is 33.0. The number of aromatic nitrogens is 2. The summed E-state index contributed by atoms with van der Waals surface area (Å²) in [5, 5.41) is 14.0. The number of carbonyl (C=O) groups is 1. The number of aryl methyl sites for hydroxylation is 1. The number of carboxylic acid groups (broad SMARTS) is 1. The average molecular weight is 554 g/mol. The van der Waals surface area contributed by atoms with E-state index in [0.29, 0.717) is 34.4 Å². The van der Waals surface area contributed by atoms with Gasteiger partial charge in [0.05, 0.1) is 28.2 Å². The predicted octanol–water partition coefficient (Wildman–Crippen LogP) is 5.63. The first-order chi connectivity index (χ1) is 16.9. The Morgan fingerprint density at radius 3 is 2.53 bits per heavy atom. The van der Waals surface area contributed by atoms with Crippen LogP contribution in [0.5, 0.6) is 0 Å². The van der Waals surface area contributed by atoms with Crippen LogP contribution >= 0.6 is 15.9 Å².